The molecule has 120 valence electrons. The minimum atomic E-state index is -0.623. The van der Waals surface area contributed by atoms with Gasteiger partial charge in [0.05, 0.1) is 38.4 Å². The van der Waals surface area contributed by atoms with Gasteiger partial charge in [0.15, 0.2) is 5.60 Å². The van der Waals surface area contributed by atoms with Gasteiger partial charge in [0.25, 0.3) is 0 Å². The van der Waals surface area contributed by atoms with Gasteiger partial charge < -0.3 is 18.8 Å². The fourth-order valence-corrected chi connectivity index (χ4v) is 2.87. The van der Waals surface area contributed by atoms with Crippen LogP contribution in [0.25, 0.3) is 0 Å². The second-order valence-electron chi connectivity index (χ2n) is 6.04. The van der Waals surface area contributed by atoms with Gasteiger partial charge in [-0.05, 0) is 12.5 Å². The minimum absolute atomic E-state index is 0.00739. The standard InChI is InChI=1S/C17H18N2O4/c1-12(13-5-3-2-4-6-13)19-11-18-7-14(19)16(20)23-17(9-21-10-17)15-8-22-15/h2-7,11-12,15H,8-10H2,1H3. The lowest BCUT2D eigenvalue weighted by Crippen LogP contribution is -2.57. The summed E-state index contributed by atoms with van der Waals surface area (Å²) in [7, 11) is 0. The maximum atomic E-state index is 12.6. The molecular formula is C17H18N2O4. The smallest absolute Gasteiger partial charge is 0.357 e. The summed E-state index contributed by atoms with van der Waals surface area (Å²) in [4.78, 5) is 16.7. The number of carbonyl (C=O) groups is 1. The van der Waals surface area contributed by atoms with Crippen molar-refractivity contribution in [1.82, 2.24) is 9.55 Å². The summed E-state index contributed by atoms with van der Waals surface area (Å²) in [5.74, 6) is -0.385. The maximum absolute atomic E-state index is 12.6. The largest absolute Gasteiger partial charge is 0.447 e. The van der Waals surface area contributed by atoms with Crippen molar-refractivity contribution in [2.24, 2.45) is 0 Å². The van der Waals surface area contributed by atoms with Crippen molar-refractivity contribution in [3.63, 3.8) is 0 Å². The first kappa shape index (κ1) is 14.4. The van der Waals surface area contributed by atoms with Gasteiger partial charge in [-0.25, -0.2) is 9.78 Å². The van der Waals surface area contributed by atoms with Crippen molar-refractivity contribution in [3.8, 4) is 0 Å². The number of rotatable bonds is 5. The number of esters is 1. The van der Waals surface area contributed by atoms with E-state index in [9.17, 15) is 4.79 Å². The van der Waals surface area contributed by atoms with E-state index in [1.807, 2.05) is 41.8 Å². The van der Waals surface area contributed by atoms with Gasteiger partial charge in [-0.2, -0.15) is 0 Å². The Balaban J connectivity index is 1.56. The molecule has 0 bridgehead atoms. The Hall–Kier alpha value is -2.18. The Morgan fingerprint density at radius 3 is 2.74 bits per heavy atom. The second kappa shape index (κ2) is 5.47. The first-order chi connectivity index (χ1) is 11.2. The van der Waals surface area contributed by atoms with E-state index in [2.05, 4.69) is 4.98 Å². The summed E-state index contributed by atoms with van der Waals surface area (Å²) in [5.41, 5.74) is 0.919. The number of imidazole rings is 1. The Bertz CT molecular complexity index is 704. The summed E-state index contributed by atoms with van der Waals surface area (Å²) in [6.45, 7) is 3.44. The monoisotopic (exact) mass is 314 g/mol. The highest BCUT2D eigenvalue weighted by molar-refractivity contribution is 5.88. The van der Waals surface area contributed by atoms with Gasteiger partial charge in [0.2, 0.25) is 0 Å². The van der Waals surface area contributed by atoms with E-state index in [1.165, 1.54) is 0 Å². The predicted octanol–water partition coefficient (Wildman–Crippen LogP) is 1.82. The molecule has 3 heterocycles. The van der Waals surface area contributed by atoms with Crippen molar-refractivity contribution >= 4 is 5.97 Å². The topological polar surface area (TPSA) is 65.9 Å². The highest BCUT2D eigenvalue weighted by Crippen LogP contribution is 2.35. The van der Waals surface area contributed by atoms with E-state index in [4.69, 9.17) is 14.2 Å². The van der Waals surface area contributed by atoms with Gasteiger partial charge in [0.1, 0.15) is 11.8 Å². The average molecular weight is 314 g/mol. The third-order valence-electron chi connectivity index (χ3n) is 4.48. The van der Waals surface area contributed by atoms with Gasteiger partial charge in [-0.1, -0.05) is 30.3 Å². The van der Waals surface area contributed by atoms with Crippen LogP contribution in [0.2, 0.25) is 0 Å². The highest BCUT2D eigenvalue weighted by Gasteiger charge is 2.56. The molecule has 2 saturated heterocycles. The number of epoxide rings is 1. The van der Waals surface area contributed by atoms with E-state index in [0.29, 0.717) is 25.5 Å². The van der Waals surface area contributed by atoms with Gasteiger partial charge >= 0.3 is 5.97 Å². The lowest BCUT2D eigenvalue weighted by Gasteiger charge is -2.39. The molecule has 2 atom stereocenters. The number of hydrogen-bond donors (Lipinski definition) is 0. The average Bonchev–Trinajstić information content (AvgIpc) is 3.27. The SMILES string of the molecule is CC(c1ccccc1)n1cncc1C(=O)OC1(C2CO2)COC1. The van der Waals surface area contributed by atoms with E-state index >= 15 is 0 Å². The van der Waals surface area contributed by atoms with Gasteiger partial charge in [-0.3, -0.25) is 0 Å². The first-order valence-corrected chi connectivity index (χ1v) is 7.69. The van der Waals surface area contributed by atoms with Crippen LogP contribution in [-0.4, -0.2) is 47.0 Å². The van der Waals surface area contributed by atoms with Gasteiger partial charge in [0, 0.05) is 0 Å². The van der Waals surface area contributed by atoms with E-state index < -0.39 is 5.60 Å². The van der Waals surface area contributed by atoms with Crippen molar-refractivity contribution in [2.45, 2.75) is 24.7 Å². The summed E-state index contributed by atoms with van der Waals surface area (Å²) >= 11 is 0. The number of carbonyl (C=O) groups excluding carboxylic acids is 1. The third kappa shape index (κ3) is 2.54. The molecule has 0 spiro atoms. The van der Waals surface area contributed by atoms with Crippen LogP contribution in [-0.2, 0) is 14.2 Å². The minimum Gasteiger partial charge on any atom is -0.447 e. The zero-order valence-corrected chi connectivity index (χ0v) is 12.8. The molecule has 2 aliphatic heterocycles. The maximum Gasteiger partial charge on any atom is 0.357 e. The van der Waals surface area contributed by atoms with Crippen LogP contribution in [0.5, 0.6) is 0 Å². The van der Waals surface area contributed by atoms with Crippen molar-refractivity contribution in [3.05, 3.63) is 54.1 Å². The van der Waals surface area contributed by atoms with Crippen LogP contribution in [0.15, 0.2) is 42.9 Å². The molecule has 6 nitrogen and oxygen atoms in total. The van der Waals surface area contributed by atoms with E-state index in [-0.39, 0.29) is 18.1 Å². The van der Waals surface area contributed by atoms with Crippen molar-refractivity contribution in [1.29, 1.82) is 0 Å². The fraction of sp³-hybridized carbons (Fsp3) is 0.412. The molecule has 23 heavy (non-hydrogen) atoms. The Morgan fingerprint density at radius 2 is 2.13 bits per heavy atom. The molecular weight excluding hydrogens is 296 g/mol. The van der Waals surface area contributed by atoms with Crippen LogP contribution in [0.1, 0.15) is 29.0 Å². The molecule has 1 aromatic carbocycles. The summed E-state index contributed by atoms with van der Waals surface area (Å²) in [6, 6.07) is 9.97. The van der Waals surface area contributed by atoms with Crippen LogP contribution >= 0.6 is 0 Å². The molecule has 0 N–H and O–H groups in total. The second-order valence-corrected chi connectivity index (χ2v) is 6.04. The fourth-order valence-electron chi connectivity index (χ4n) is 2.87. The molecule has 2 fully saturated rings. The summed E-state index contributed by atoms with van der Waals surface area (Å²) in [5, 5.41) is 0. The number of aromatic nitrogens is 2. The lowest BCUT2D eigenvalue weighted by molar-refractivity contribution is -0.190. The molecule has 0 saturated carbocycles. The highest BCUT2D eigenvalue weighted by atomic mass is 16.7. The number of hydrogen-bond acceptors (Lipinski definition) is 5. The number of benzene rings is 1. The zero-order chi connectivity index (χ0) is 15.9. The molecule has 0 radical (unpaired) electrons. The number of nitrogens with zero attached hydrogens (tertiary/aromatic N) is 2. The molecule has 2 unspecified atom stereocenters. The quantitative estimate of drug-likeness (QED) is 0.622. The van der Waals surface area contributed by atoms with Crippen molar-refractivity contribution in [2.75, 3.05) is 19.8 Å². The van der Waals surface area contributed by atoms with Crippen LogP contribution in [0.4, 0.5) is 0 Å². The first-order valence-electron chi connectivity index (χ1n) is 7.69. The lowest BCUT2D eigenvalue weighted by atomic mass is 9.98. The Labute approximate surface area is 134 Å². The molecule has 6 heteroatoms. The Kier molecular flexibility index (Phi) is 3.43. The molecule has 4 rings (SSSR count). The van der Waals surface area contributed by atoms with Crippen LogP contribution in [0.3, 0.4) is 0 Å². The summed E-state index contributed by atoms with van der Waals surface area (Å²) in [6.07, 6.45) is 3.16. The van der Waals surface area contributed by atoms with Gasteiger partial charge in [-0.15, -0.1) is 0 Å². The normalized spacial score (nSPS) is 22.9. The third-order valence-corrected chi connectivity index (χ3v) is 4.48. The summed E-state index contributed by atoms with van der Waals surface area (Å²) < 4.78 is 18.1. The molecule has 2 aliphatic rings. The molecule has 2 aromatic rings. The van der Waals surface area contributed by atoms with E-state index in [0.717, 1.165) is 5.56 Å². The molecule has 1 aromatic heterocycles. The zero-order valence-electron chi connectivity index (χ0n) is 12.8. The molecule has 0 amide bonds. The van der Waals surface area contributed by atoms with Crippen molar-refractivity contribution < 1.29 is 19.0 Å². The van der Waals surface area contributed by atoms with Crippen LogP contribution < -0.4 is 0 Å². The molecule has 0 aliphatic carbocycles. The van der Waals surface area contributed by atoms with Crippen LogP contribution in [0, 0.1) is 0 Å². The Morgan fingerprint density at radius 1 is 1.39 bits per heavy atom. The van der Waals surface area contributed by atoms with E-state index in [1.54, 1.807) is 12.5 Å². The number of ether oxygens (including phenoxy) is 3. The predicted molar refractivity (Wildman–Crippen MR) is 81.2 cm³/mol.